The summed E-state index contributed by atoms with van der Waals surface area (Å²) in [7, 11) is 0. The second-order valence-electron chi connectivity index (χ2n) is 8.53. The molecule has 3 aromatic rings. The fourth-order valence-electron chi connectivity index (χ4n) is 5.43. The van der Waals surface area contributed by atoms with Crippen LogP contribution in [0.15, 0.2) is 89.4 Å². The average molecular weight is 499 g/mol. The van der Waals surface area contributed by atoms with Crippen molar-refractivity contribution < 1.29 is 14.4 Å². The average Bonchev–Trinajstić information content (AvgIpc) is 3.33. The highest BCUT2D eigenvalue weighted by Gasteiger charge is 2.64. The van der Waals surface area contributed by atoms with Gasteiger partial charge >= 0.3 is 0 Å². The number of rotatable bonds is 3. The predicted octanol–water partition coefficient (Wildman–Crippen LogP) is 4.72. The summed E-state index contributed by atoms with van der Waals surface area (Å²) in [5.74, 6) is -2.09. The van der Waals surface area contributed by atoms with Crippen molar-refractivity contribution in [3.05, 3.63) is 101 Å². The number of Topliss-reactive ketones (excluding diaryl/α,β-unsaturated/α-hetero) is 1. The normalized spacial score (nSPS) is 25.1. The lowest BCUT2D eigenvalue weighted by atomic mass is 9.86. The zero-order valence-electron chi connectivity index (χ0n) is 17.5. The van der Waals surface area contributed by atoms with Gasteiger partial charge in [-0.2, -0.15) is 0 Å². The lowest BCUT2D eigenvalue weighted by Crippen LogP contribution is -2.48. The number of fused-ring (bicyclic) bond motifs is 5. The summed E-state index contributed by atoms with van der Waals surface area (Å²) < 4.78 is 0.862. The number of benzene rings is 3. The molecule has 0 spiro atoms. The minimum atomic E-state index is -0.759. The third-order valence-corrected chi connectivity index (χ3v) is 7.36. The largest absolute Gasteiger partial charge is 0.352 e. The third-order valence-electron chi connectivity index (χ3n) is 6.83. The van der Waals surface area contributed by atoms with E-state index in [0.29, 0.717) is 11.3 Å². The fourth-order valence-corrected chi connectivity index (χ4v) is 5.70. The highest BCUT2D eigenvalue weighted by atomic mass is 79.9. The molecule has 3 aromatic carbocycles. The number of anilines is 2. The van der Waals surface area contributed by atoms with Crippen LogP contribution in [0.1, 0.15) is 15.9 Å². The van der Waals surface area contributed by atoms with Gasteiger partial charge in [0.05, 0.1) is 23.6 Å². The van der Waals surface area contributed by atoms with E-state index < -0.39 is 17.9 Å². The number of nitrogens with zero attached hydrogens (tertiary/aromatic N) is 2. The Hall–Kier alpha value is -3.51. The predicted molar refractivity (Wildman–Crippen MR) is 130 cm³/mol. The first-order valence-corrected chi connectivity index (χ1v) is 11.6. The molecule has 0 aromatic heterocycles. The van der Waals surface area contributed by atoms with Gasteiger partial charge in [0.15, 0.2) is 5.78 Å². The van der Waals surface area contributed by atoms with Crippen molar-refractivity contribution in [1.29, 1.82) is 0 Å². The van der Waals surface area contributed by atoms with Gasteiger partial charge in [0.1, 0.15) is 6.04 Å². The Balaban J connectivity index is 1.50. The van der Waals surface area contributed by atoms with Crippen LogP contribution in [-0.4, -0.2) is 29.7 Å². The quantitative estimate of drug-likeness (QED) is 0.387. The summed E-state index contributed by atoms with van der Waals surface area (Å²) >= 11 is 3.40. The van der Waals surface area contributed by atoms with Crippen LogP contribution in [0.25, 0.3) is 6.08 Å². The Morgan fingerprint density at radius 3 is 2.21 bits per heavy atom. The lowest BCUT2D eigenvalue weighted by molar-refractivity contribution is -0.122. The Morgan fingerprint density at radius 1 is 0.788 bits per heavy atom. The summed E-state index contributed by atoms with van der Waals surface area (Å²) in [5, 5.41) is 0. The number of hydrogen-bond donors (Lipinski definition) is 0. The molecule has 2 saturated heterocycles. The third kappa shape index (κ3) is 2.94. The Morgan fingerprint density at radius 2 is 1.45 bits per heavy atom. The van der Waals surface area contributed by atoms with Gasteiger partial charge in [-0.1, -0.05) is 76.6 Å². The summed E-state index contributed by atoms with van der Waals surface area (Å²) in [5.41, 5.74) is 2.92. The molecule has 162 valence electrons. The summed E-state index contributed by atoms with van der Waals surface area (Å²) in [4.78, 5) is 44.5. The summed E-state index contributed by atoms with van der Waals surface area (Å²) in [6, 6.07) is 22.8. The molecule has 0 N–H and O–H groups in total. The van der Waals surface area contributed by atoms with E-state index in [1.807, 2.05) is 59.5 Å². The molecule has 0 unspecified atom stereocenters. The lowest BCUT2D eigenvalue weighted by Gasteiger charge is -2.36. The van der Waals surface area contributed by atoms with Crippen molar-refractivity contribution in [2.75, 3.05) is 9.80 Å². The minimum Gasteiger partial charge on any atom is -0.352 e. The molecule has 2 amide bonds. The second-order valence-corrected chi connectivity index (χ2v) is 9.45. The minimum absolute atomic E-state index is 0.142. The van der Waals surface area contributed by atoms with Crippen molar-refractivity contribution in [2.45, 2.75) is 12.1 Å². The number of carbonyl (C=O) groups excluding carboxylic acids is 3. The van der Waals surface area contributed by atoms with Crippen LogP contribution in [-0.2, 0) is 9.59 Å². The molecule has 0 saturated carbocycles. The van der Waals surface area contributed by atoms with Crippen LogP contribution in [0.2, 0.25) is 0 Å². The zero-order valence-corrected chi connectivity index (χ0v) is 19.1. The van der Waals surface area contributed by atoms with E-state index in [1.54, 1.807) is 36.4 Å². The number of amides is 2. The smallest absolute Gasteiger partial charge is 0.240 e. The molecule has 0 aliphatic carbocycles. The van der Waals surface area contributed by atoms with Gasteiger partial charge in [-0.25, -0.2) is 4.90 Å². The van der Waals surface area contributed by atoms with Crippen molar-refractivity contribution in [3.63, 3.8) is 0 Å². The number of hydrogen-bond acceptors (Lipinski definition) is 4. The fraction of sp³-hybridized carbons (Fsp3) is 0.148. The Labute approximate surface area is 199 Å². The van der Waals surface area contributed by atoms with E-state index in [4.69, 9.17) is 0 Å². The first-order chi connectivity index (χ1) is 16.1. The molecule has 0 radical (unpaired) electrons. The highest BCUT2D eigenvalue weighted by Crippen LogP contribution is 2.49. The standard InChI is InChI=1S/C27H19BrN2O3/c28-18-11-13-19(14-12-18)29-26(32)22-21-15-10-16-6-4-5-9-20(16)30(21)24(23(22)27(29)33)25(31)17-7-2-1-3-8-17/h1-15,21-24H/t21-,22-,23+,24+/m1/s1. The SMILES string of the molecule is O=C(c1ccccc1)[C@@H]1[C@H]2C(=O)N(c3ccc(Br)cc3)C(=O)[C@@H]2[C@H]2C=Cc3ccccc3N21. The van der Waals surface area contributed by atoms with Crippen LogP contribution >= 0.6 is 15.9 Å². The maximum absolute atomic E-state index is 13.8. The molecule has 5 nitrogen and oxygen atoms in total. The maximum Gasteiger partial charge on any atom is 0.240 e. The molecule has 6 rings (SSSR count). The van der Waals surface area contributed by atoms with Gasteiger partial charge < -0.3 is 4.90 Å². The van der Waals surface area contributed by atoms with Crippen LogP contribution in [0.4, 0.5) is 11.4 Å². The van der Waals surface area contributed by atoms with Crippen molar-refractivity contribution >= 4 is 51.0 Å². The van der Waals surface area contributed by atoms with Crippen LogP contribution in [0.5, 0.6) is 0 Å². The molecule has 3 aliphatic heterocycles. The van der Waals surface area contributed by atoms with E-state index in [-0.39, 0.29) is 23.6 Å². The zero-order chi connectivity index (χ0) is 22.7. The van der Waals surface area contributed by atoms with Crippen LogP contribution in [0, 0.1) is 11.8 Å². The van der Waals surface area contributed by atoms with Gasteiger partial charge in [0.25, 0.3) is 0 Å². The molecule has 33 heavy (non-hydrogen) atoms. The summed E-state index contributed by atoms with van der Waals surface area (Å²) in [6.45, 7) is 0. The monoisotopic (exact) mass is 498 g/mol. The molecule has 2 fully saturated rings. The van der Waals surface area contributed by atoms with E-state index in [9.17, 15) is 14.4 Å². The first kappa shape index (κ1) is 20.1. The van der Waals surface area contributed by atoms with Gasteiger partial charge in [0.2, 0.25) is 11.8 Å². The molecule has 4 atom stereocenters. The van der Waals surface area contributed by atoms with Crippen LogP contribution in [0.3, 0.4) is 0 Å². The molecule has 3 aliphatic rings. The first-order valence-electron chi connectivity index (χ1n) is 10.8. The number of carbonyl (C=O) groups is 3. The van der Waals surface area contributed by atoms with Gasteiger partial charge in [-0.15, -0.1) is 0 Å². The maximum atomic E-state index is 13.8. The Bertz CT molecular complexity index is 1320. The molecule has 3 heterocycles. The summed E-state index contributed by atoms with van der Waals surface area (Å²) in [6.07, 6.45) is 3.96. The number of halogens is 1. The van der Waals surface area contributed by atoms with Gasteiger partial charge in [-0.05, 0) is 35.9 Å². The van der Waals surface area contributed by atoms with E-state index >= 15 is 0 Å². The highest BCUT2D eigenvalue weighted by molar-refractivity contribution is 9.10. The van der Waals surface area contributed by atoms with E-state index in [1.165, 1.54) is 4.90 Å². The van der Waals surface area contributed by atoms with Crippen LogP contribution < -0.4 is 9.80 Å². The van der Waals surface area contributed by atoms with Gasteiger partial charge in [0, 0.05) is 15.7 Å². The number of imide groups is 1. The topological polar surface area (TPSA) is 57.7 Å². The molecular weight excluding hydrogens is 480 g/mol. The molecule has 0 bridgehead atoms. The molecular formula is C27H19BrN2O3. The van der Waals surface area contributed by atoms with E-state index in [0.717, 1.165) is 15.7 Å². The number of ketones is 1. The van der Waals surface area contributed by atoms with E-state index in [2.05, 4.69) is 15.9 Å². The van der Waals surface area contributed by atoms with Crippen molar-refractivity contribution in [3.8, 4) is 0 Å². The number of para-hydroxylation sites is 1. The van der Waals surface area contributed by atoms with Crippen molar-refractivity contribution in [2.24, 2.45) is 11.8 Å². The van der Waals surface area contributed by atoms with Crippen molar-refractivity contribution in [1.82, 2.24) is 0 Å². The second kappa shape index (κ2) is 7.52. The van der Waals surface area contributed by atoms with Gasteiger partial charge in [-0.3, -0.25) is 14.4 Å². The Kier molecular flexibility index (Phi) is 4.59. The molecule has 6 heteroatoms.